The second kappa shape index (κ2) is 9.90. The molecule has 0 saturated carbocycles. The Bertz CT molecular complexity index is 1060. The van der Waals surface area contributed by atoms with Crippen molar-refractivity contribution < 1.29 is 0 Å². The van der Waals surface area contributed by atoms with Crippen LogP contribution in [0, 0.1) is 0 Å². The molecular formula is C28H29N2P. The maximum atomic E-state index is 4.80. The third kappa shape index (κ3) is 5.03. The van der Waals surface area contributed by atoms with Crippen LogP contribution in [-0.2, 0) is 0 Å². The van der Waals surface area contributed by atoms with Crippen molar-refractivity contribution in [3.63, 3.8) is 0 Å². The van der Waals surface area contributed by atoms with Gasteiger partial charge in [0.2, 0.25) is 0 Å². The summed E-state index contributed by atoms with van der Waals surface area (Å²) in [7, 11) is -0.725. The van der Waals surface area contributed by atoms with E-state index in [1.807, 2.05) is 12.3 Å². The maximum Gasteiger partial charge on any atom is 0.0964 e. The Labute approximate surface area is 187 Å². The van der Waals surface area contributed by atoms with Gasteiger partial charge in [0.1, 0.15) is 0 Å². The molecule has 31 heavy (non-hydrogen) atoms. The van der Waals surface area contributed by atoms with Crippen LogP contribution in [-0.4, -0.2) is 4.98 Å². The van der Waals surface area contributed by atoms with Crippen molar-refractivity contribution in [1.82, 2.24) is 10.3 Å². The fraction of sp³-hybridized carbons (Fsp3) is 0.179. The summed E-state index contributed by atoms with van der Waals surface area (Å²) < 4.78 is 0. The van der Waals surface area contributed by atoms with Crippen LogP contribution >= 0.6 is 7.92 Å². The van der Waals surface area contributed by atoms with Crippen LogP contribution in [0.4, 0.5) is 0 Å². The van der Waals surface area contributed by atoms with Crippen molar-refractivity contribution >= 4 is 18.5 Å². The predicted octanol–water partition coefficient (Wildman–Crippen LogP) is 6.37. The number of hydrogen-bond donors (Lipinski definition) is 1. The Morgan fingerprint density at radius 1 is 0.806 bits per heavy atom. The third-order valence-corrected chi connectivity index (χ3v) is 8.19. The fourth-order valence-corrected chi connectivity index (χ4v) is 6.59. The SMILES string of the molecule is CC1=CCC(C)=C(NC(c2ccccn2)P(c2ccccc2)c2ccccc2)C(C)=C1. The lowest BCUT2D eigenvalue weighted by atomic mass is 10.1. The van der Waals surface area contributed by atoms with Crippen molar-refractivity contribution in [2.75, 3.05) is 0 Å². The summed E-state index contributed by atoms with van der Waals surface area (Å²) in [5.41, 5.74) is 6.27. The average molecular weight is 425 g/mol. The number of pyridine rings is 1. The van der Waals surface area contributed by atoms with Crippen LogP contribution in [0.5, 0.6) is 0 Å². The summed E-state index contributed by atoms with van der Waals surface area (Å²) >= 11 is 0. The molecule has 156 valence electrons. The molecule has 3 heteroatoms. The van der Waals surface area contributed by atoms with Crippen LogP contribution in [0.15, 0.2) is 120 Å². The van der Waals surface area contributed by atoms with E-state index in [2.05, 4.69) is 111 Å². The highest BCUT2D eigenvalue weighted by molar-refractivity contribution is 7.73. The van der Waals surface area contributed by atoms with Crippen molar-refractivity contribution in [3.8, 4) is 0 Å². The van der Waals surface area contributed by atoms with Gasteiger partial charge in [0.25, 0.3) is 0 Å². The van der Waals surface area contributed by atoms with Gasteiger partial charge in [0.15, 0.2) is 0 Å². The van der Waals surface area contributed by atoms with Gasteiger partial charge in [-0.1, -0.05) is 84.5 Å². The molecule has 4 rings (SSSR count). The topological polar surface area (TPSA) is 24.9 Å². The minimum Gasteiger partial charge on any atom is -0.372 e. The molecule has 2 nitrogen and oxygen atoms in total. The number of nitrogens with one attached hydrogen (secondary N) is 1. The molecule has 1 aliphatic rings. The van der Waals surface area contributed by atoms with Gasteiger partial charge in [0, 0.05) is 11.9 Å². The highest BCUT2D eigenvalue weighted by atomic mass is 31.1. The molecule has 1 atom stereocenters. The molecule has 1 aliphatic carbocycles. The number of nitrogens with zero attached hydrogens (tertiary/aromatic N) is 1. The van der Waals surface area contributed by atoms with E-state index in [1.54, 1.807) is 0 Å². The summed E-state index contributed by atoms with van der Waals surface area (Å²) in [6.45, 7) is 6.62. The van der Waals surface area contributed by atoms with Gasteiger partial charge in [0.05, 0.1) is 11.5 Å². The number of hydrogen-bond acceptors (Lipinski definition) is 2. The van der Waals surface area contributed by atoms with E-state index in [4.69, 9.17) is 4.98 Å². The summed E-state index contributed by atoms with van der Waals surface area (Å²) in [5, 5.41) is 6.66. The number of allylic oxidation sites excluding steroid dienone is 5. The van der Waals surface area contributed by atoms with E-state index in [1.165, 1.54) is 33.0 Å². The summed E-state index contributed by atoms with van der Waals surface area (Å²) in [4.78, 5) is 4.80. The second-order valence-corrected chi connectivity index (χ2v) is 10.3. The normalized spacial score (nSPS) is 15.2. The Kier molecular flexibility index (Phi) is 6.79. The molecule has 2 aromatic carbocycles. The van der Waals surface area contributed by atoms with Crippen LogP contribution < -0.4 is 15.9 Å². The molecule has 0 aliphatic heterocycles. The molecule has 0 bridgehead atoms. The molecule has 0 saturated heterocycles. The molecule has 1 heterocycles. The zero-order chi connectivity index (χ0) is 21.6. The van der Waals surface area contributed by atoms with Gasteiger partial charge >= 0.3 is 0 Å². The van der Waals surface area contributed by atoms with Crippen molar-refractivity contribution in [3.05, 3.63) is 125 Å². The van der Waals surface area contributed by atoms with Crippen LogP contribution in [0.3, 0.4) is 0 Å². The first-order valence-corrected chi connectivity index (χ1v) is 12.2. The van der Waals surface area contributed by atoms with Crippen molar-refractivity contribution in [2.45, 2.75) is 33.0 Å². The number of benzene rings is 2. The lowest BCUT2D eigenvalue weighted by Crippen LogP contribution is -2.29. The minimum atomic E-state index is -0.725. The largest absolute Gasteiger partial charge is 0.372 e. The smallest absolute Gasteiger partial charge is 0.0964 e. The zero-order valence-electron chi connectivity index (χ0n) is 18.4. The molecule has 1 unspecified atom stereocenters. The van der Waals surface area contributed by atoms with Crippen molar-refractivity contribution in [2.24, 2.45) is 0 Å². The molecule has 0 fully saturated rings. The van der Waals surface area contributed by atoms with E-state index in [-0.39, 0.29) is 5.78 Å². The Morgan fingerprint density at radius 3 is 2.00 bits per heavy atom. The first-order valence-electron chi connectivity index (χ1n) is 10.8. The molecular weight excluding hydrogens is 395 g/mol. The van der Waals surface area contributed by atoms with E-state index in [0.717, 1.165) is 12.1 Å². The second-order valence-electron chi connectivity index (χ2n) is 7.98. The summed E-state index contributed by atoms with van der Waals surface area (Å²) in [6.07, 6.45) is 7.45. The first kappa shape index (κ1) is 21.3. The standard InChI is InChI=1S/C28H29N2P/c1-21-17-18-22(2)27(23(3)20-21)30-28(26-16-10-11-19-29-26)31(24-12-6-4-7-13-24)25-14-8-5-9-15-25/h4-17,19-20,28,30H,18H2,1-3H3. The van der Waals surface area contributed by atoms with E-state index in [0.29, 0.717) is 0 Å². The Hall–Kier alpha value is -2.96. The van der Waals surface area contributed by atoms with Gasteiger partial charge in [-0.05, 0) is 69.0 Å². The third-order valence-electron chi connectivity index (χ3n) is 5.57. The van der Waals surface area contributed by atoms with Crippen LogP contribution in [0.2, 0.25) is 0 Å². The molecule has 1 aromatic heterocycles. The molecule has 3 aromatic rings. The van der Waals surface area contributed by atoms with Gasteiger partial charge in [-0.3, -0.25) is 4.98 Å². The highest BCUT2D eigenvalue weighted by Gasteiger charge is 2.28. The first-order chi connectivity index (χ1) is 15.1. The molecule has 0 spiro atoms. The zero-order valence-corrected chi connectivity index (χ0v) is 19.3. The Balaban J connectivity index is 1.85. The number of rotatable bonds is 6. The van der Waals surface area contributed by atoms with Gasteiger partial charge in [-0.25, -0.2) is 0 Å². The lowest BCUT2D eigenvalue weighted by Gasteiger charge is -2.31. The molecule has 0 radical (unpaired) electrons. The Morgan fingerprint density at radius 2 is 1.42 bits per heavy atom. The van der Waals surface area contributed by atoms with Crippen LogP contribution in [0.25, 0.3) is 0 Å². The van der Waals surface area contributed by atoms with E-state index < -0.39 is 7.92 Å². The highest BCUT2D eigenvalue weighted by Crippen LogP contribution is 2.48. The fourth-order valence-electron chi connectivity index (χ4n) is 4.03. The van der Waals surface area contributed by atoms with E-state index >= 15 is 0 Å². The molecule has 0 amide bonds. The monoisotopic (exact) mass is 424 g/mol. The van der Waals surface area contributed by atoms with Gasteiger partial charge in [-0.15, -0.1) is 0 Å². The lowest BCUT2D eigenvalue weighted by molar-refractivity contribution is 0.754. The summed E-state index contributed by atoms with van der Waals surface area (Å²) in [5.74, 6) is 0.0627. The minimum absolute atomic E-state index is 0.0627. The van der Waals surface area contributed by atoms with Gasteiger partial charge in [-0.2, -0.15) is 0 Å². The number of aromatic nitrogens is 1. The quantitative estimate of drug-likeness (QED) is 0.465. The predicted molar refractivity (Wildman–Crippen MR) is 134 cm³/mol. The van der Waals surface area contributed by atoms with Crippen LogP contribution in [0.1, 0.15) is 38.7 Å². The van der Waals surface area contributed by atoms with Gasteiger partial charge < -0.3 is 5.32 Å². The summed E-state index contributed by atoms with van der Waals surface area (Å²) in [6, 6.07) is 27.9. The van der Waals surface area contributed by atoms with E-state index in [9.17, 15) is 0 Å². The average Bonchev–Trinajstić information content (AvgIpc) is 2.93. The van der Waals surface area contributed by atoms with Crippen molar-refractivity contribution in [1.29, 1.82) is 0 Å². The molecule has 1 N–H and O–H groups in total. The maximum absolute atomic E-state index is 4.80.